The highest BCUT2D eigenvalue weighted by Gasteiger charge is 2.19. The molecule has 0 N–H and O–H groups in total. The maximum atomic E-state index is 6.63. The molecule has 0 bridgehead atoms. The molecule has 6 heteroatoms. The number of anilines is 2. The average molecular weight is 396 g/mol. The van der Waals surface area contributed by atoms with E-state index in [1.54, 1.807) is 11.3 Å². The third kappa shape index (κ3) is 3.76. The lowest BCUT2D eigenvalue weighted by molar-refractivity contribution is 0.577. The average Bonchev–Trinajstić information content (AvgIpc) is 3.15. The molecule has 0 radical (unpaired) electrons. The van der Waals surface area contributed by atoms with Gasteiger partial charge in [-0.25, -0.2) is 4.98 Å². The van der Waals surface area contributed by atoms with Gasteiger partial charge in [0.25, 0.3) is 0 Å². The third-order valence-corrected chi connectivity index (χ3v) is 6.83. The van der Waals surface area contributed by atoms with Crippen LogP contribution < -0.4 is 9.80 Å². The van der Waals surface area contributed by atoms with E-state index in [4.69, 9.17) is 23.2 Å². The molecule has 3 heterocycles. The van der Waals surface area contributed by atoms with Gasteiger partial charge in [-0.1, -0.05) is 34.5 Å². The number of thiazole rings is 1. The molecule has 0 amide bonds. The third-order valence-electron chi connectivity index (χ3n) is 5.12. The van der Waals surface area contributed by atoms with Crippen LogP contribution in [0.25, 0.3) is 10.4 Å². The summed E-state index contributed by atoms with van der Waals surface area (Å²) in [6, 6.07) is 4.05. The summed E-state index contributed by atoms with van der Waals surface area (Å²) < 4.78 is 0. The van der Waals surface area contributed by atoms with Gasteiger partial charge in [0.1, 0.15) is 0 Å². The van der Waals surface area contributed by atoms with E-state index >= 15 is 0 Å². The van der Waals surface area contributed by atoms with Gasteiger partial charge >= 0.3 is 0 Å². The number of hydrogen-bond donors (Lipinski definition) is 0. The van der Waals surface area contributed by atoms with E-state index in [9.17, 15) is 0 Å². The van der Waals surface area contributed by atoms with Crippen molar-refractivity contribution in [1.29, 1.82) is 0 Å². The van der Waals surface area contributed by atoms with Crippen LogP contribution >= 0.6 is 34.5 Å². The van der Waals surface area contributed by atoms with Crippen LogP contribution in [0.5, 0.6) is 0 Å². The largest absolute Gasteiger partial charge is 0.370 e. The number of hydrogen-bond acceptors (Lipinski definition) is 4. The van der Waals surface area contributed by atoms with Crippen LogP contribution in [0.4, 0.5) is 10.8 Å². The Balaban J connectivity index is 1.60. The van der Waals surface area contributed by atoms with E-state index in [2.05, 4.69) is 14.8 Å². The lowest BCUT2D eigenvalue weighted by Gasteiger charge is -2.30. The van der Waals surface area contributed by atoms with Crippen molar-refractivity contribution in [2.24, 2.45) is 0 Å². The number of rotatable bonds is 3. The van der Waals surface area contributed by atoms with Crippen molar-refractivity contribution in [3.63, 3.8) is 0 Å². The van der Waals surface area contributed by atoms with Gasteiger partial charge in [-0.3, -0.25) is 0 Å². The molecule has 0 atom stereocenters. The lowest BCUT2D eigenvalue weighted by atomic mass is 10.1. The number of halogens is 2. The van der Waals surface area contributed by atoms with E-state index in [0.29, 0.717) is 0 Å². The van der Waals surface area contributed by atoms with Gasteiger partial charge in [-0.2, -0.15) is 0 Å². The van der Waals surface area contributed by atoms with Crippen molar-refractivity contribution in [1.82, 2.24) is 4.98 Å². The highest BCUT2D eigenvalue weighted by molar-refractivity contribution is 7.19. The minimum absolute atomic E-state index is 0.763. The highest BCUT2D eigenvalue weighted by Crippen LogP contribution is 2.41. The molecule has 2 aromatic rings. The molecule has 0 aliphatic carbocycles. The Morgan fingerprint density at radius 2 is 1.44 bits per heavy atom. The zero-order valence-electron chi connectivity index (χ0n) is 14.3. The van der Waals surface area contributed by atoms with Crippen LogP contribution in [-0.4, -0.2) is 31.2 Å². The molecule has 2 saturated heterocycles. The molecule has 0 unspecified atom stereocenters. The Morgan fingerprint density at radius 3 is 2.12 bits per heavy atom. The highest BCUT2D eigenvalue weighted by atomic mass is 35.5. The summed E-state index contributed by atoms with van der Waals surface area (Å²) in [7, 11) is 0. The molecular weight excluding hydrogens is 373 g/mol. The predicted molar refractivity (Wildman–Crippen MR) is 110 cm³/mol. The Labute approximate surface area is 163 Å². The van der Waals surface area contributed by atoms with Gasteiger partial charge in [0.05, 0.1) is 20.6 Å². The number of piperidine rings is 2. The second-order valence-electron chi connectivity index (χ2n) is 6.89. The van der Waals surface area contributed by atoms with Gasteiger partial charge in [-0.05, 0) is 50.7 Å². The summed E-state index contributed by atoms with van der Waals surface area (Å²) in [5.74, 6) is 0. The Morgan fingerprint density at radius 1 is 0.800 bits per heavy atom. The fourth-order valence-electron chi connectivity index (χ4n) is 3.72. The Kier molecular flexibility index (Phi) is 5.39. The SMILES string of the molecule is Clc1cc(N2CCCCC2)c(Cl)cc1-c1cnc(N2CCCCC2)s1. The summed E-state index contributed by atoms with van der Waals surface area (Å²) in [5.41, 5.74) is 2.06. The summed E-state index contributed by atoms with van der Waals surface area (Å²) in [5, 5.41) is 2.65. The van der Waals surface area contributed by atoms with Crippen molar-refractivity contribution in [3.05, 3.63) is 28.4 Å². The molecule has 134 valence electrons. The van der Waals surface area contributed by atoms with Crippen LogP contribution in [0.1, 0.15) is 38.5 Å². The minimum atomic E-state index is 0.763. The van der Waals surface area contributed by atoms with E-state index < -0.39 is 0 Å². The molecule has 2 fully saturated rings. The molecule has 25 heavy (non-hydrogen) atoms. The van der Waals surface area contributed by atoms with Gasteiger partial charge in [0.2, 0.25) is 0 Å². The summed E-state index contributed by atoms with van der Waals surface area (Å²) >= 11 is 15.0. The van der Waals surface area contributed by atoms with Gasteiger partial charge in [0, 0.05) is 37.9 Å². The summed E-state index contributed by atoms with van der Waals surface area (Å²) in [6.07, 6.45) is 9.53. The first kappa shape index (κ1) is 17.4. The fraction of sp³-hybridized carbons (Fsp3) is 0.526. The Bertz CT molecular complexity index is 734. The molecular formula is C19H23Cl2N3S. The molecule has 0 saturated carbocycles. The summed E-state index contributed by atoms with van der Waals surface area (Å²) in [6.45, 7) is 4.34. The standard InChI is InChI=1S/C19H23Cl2N3S/c20-15-12-17(23-7-3-1-4-8-23)16(21)11-14(15)18-13-22-19(25-18)24-9-5-2-6-10-24/h11-13H,1-10H2. The topological polar surface area (TPSA) is 19.4 Å². The van der Waals surface area contributed by atoms with E-state index in [1.165, 1.54) is 38.5 Å². The van der Waals surface area contributed by atoms with E-state index in [0.717, 1.165) is 57.5 Å². The van der Waals surface area contributed by atoms with Crippen molar-refractivity contribution in [2.75, 3.05) is 36.0 Å². The van der Waals surface area contributed by atoms with E-state index in [1.807, 2.05) is 18.3 Å². The van der Waals surface area contributed by atoms with Crippen molar-refractivity contribution < 1.29 is 0 Å². The van der Waals surface area contributed by atoms with Gasteiger partial charge in [-0.15, -0.1) is 0 Å². The quantitative estimate of drug-likeness (QED) is 0.625. The monoisotopic (exact) mass is 395 g/mol. The van der Waals surface area contributed by atoms with Crippen LogP contribution in [0.3, 0.4) is 0 Å². The van der Waals surface area contributed by atoms with Crippen LogP contribution in [-0.2, 0) is 0 Å². The second kappa shape index (κ2) is 7.73. The summed E-state index contributed by atoms with van der Waals surface area (Å²) in [4.78, 5) is 10.5. The van der Waals surface area contributed by atoms with Crippen molar-refractivity contribution in [2.45, 2.75) is 38.5 Å². The first-order valence-corrected chi connectivity index (χ1v) is 10.7. The smallest absolute Gasteiger partial charge is 0.185 e. The van der Waals surface area contributed by atoms with Crippen molar-refractivity contribution >= 4 is 45.4 Å². The fourth-order valence-corrected chi connectivity index (χ4v) is 5.32. The molecule has 2 aliphatic rings. The normalized spacial score (nSPS) is 18.6. The predicted octanol–water partition coefficient (Wildman–Crippen LogP) is 6.10. The van der Waals surface area contributed by atoms with Crippen LogP contribution in [0.2, 0.25) is 10.0 Å². The molecule has 1 aromatic heterocycles. The van der Waals surface area contributed by atoms with Gasteiger partial charge < -0.3 is 9.80 Å². The van der Waals surface area contributed by atoms with Crippen LogP contribution in [0.15, 0.2) is 18.3 Å². The minimum Gasteiger partial charge on any atom is -0.370 e. The molecule has 2 aliphatic heterocycles. The lowest BCUT2D eigenvalue weighted by Crippen LogP contribution is -2.29. The number of nitrogens with zero attached hydrogens (tertiary/aromatic N) is 3. The molecule has 3 nitrogen and oxygen atoms in total. The second-order valence-corrected chi connectivity index (χ2v) is 8.71. The van der Waals surface area contributed by atoms with E-state index in [-0.39, 0.29) is 0 Å². The molecule has 1 aromatic carbocycles. The zero-order chi connectivity index (χ0) is 17.2. The number of benzene rings is 1. The first-order chi connectivity index (χ1) is 12.2. The molecule has 0 spiro atoms. The van der Waals surface area contributed by atoms with Crippen molar-refractivity contribution in [3.8, 4) is 10.4 Å². The van der Waals surface area contributed by atoms with Crippen LogP contribution in [0, 0.1) is 0 Å². The zero-order valence-corrected chi connectivity index (χ0v) is 16.6. The Hall–Kier alpha value is -0.970. The van der Waals surface area contributed by atoms with Gasteiger partial charge in [0.15, 0.2) is 5.13 Å². The number of aromatic nitrogens is 1. The molecule has 4 rings (SSSR count). The maximum absolute atomic E-state index is 6.63. The first-order valence-electron chi connectivity index (χ1n) is 9.17. The maximum Gasteiger partial charge on any atom is 0.185 e.